The van der Waals surface area contributed by atoms with Crippen molar-refractivity contribution in [2.45, 2.75) is 347 Å². The molecule has 0 aromatic heterocycles. The second kappa shape index (κ2) is 73.5. The van der Waals surface area contributed by atoms with E-state index in [1.54, 1.807) is 0 Å². The van der Waals surface area contributed by atoms with E-state index in [1.165, 1.54) is 199 Å². The molecule has 0 saturated heterocycles. The quantitative estimate of drug-likeness (QED) is 0.0420. The number of carbonyl (C=O) groups excluding carboxylic acids is 1. The van der Waals surface area contributed by atoms with Gasteiger partial charge in [-0.05, 0) is 103 Å². The van der Waals surface area contributed by atoms with Gasteiger partial charge in [0.1, 0.15) is 0 Å². The Balaban J connectivity index is 3.59. The molecule has 2 unspecified atom stereocenters. The van der Waals surface area contributed by atoms with Gasteiger partial charge in [0, 0.05) is 6.42 Å². The van der Waals surface area contributed by atoms with Crippen LogP contribution in [-0.4, -0.2) is 34.9 Å². The van der Waals surface area contributed by atoms with Crippen molar-refractivity contribution < 1.29 is 15.0 Å². The third kappa shape index (κ3) is 69.0. The second-order valence-electron chi connectivity index (χ2n) is 23.9. The van der Waals surface area contributed by atoms with Crippen molar-refractivity contribution in [1.82, 2.24) is 5.32 Å². The topological polar surface area (TPSA) is 69.6 Å². The van der Waals surface area contributed by atoms with E-state index in [2.05, 4.69) is 165 Å². The molecule has 480 valence electrons. The number of allylic oxidation sites excluding steroid dienone is 24. The molecule has 0 aliphatic rings. The first-order valence-electron chi connectivity index (χ1n) is 36.0. The predicted octanol–water partition coefficient (Wildman–Crippen LogP) is 25.0. The lowest BCUT2D eigenvalue weighted by Crippen LogP contribution is -2.45. The molecule has 0 fully saturated rings. The average Bonchev–Trinajstić information content (AvgIpc) is 3.51. The van der Waals surface area contributed by atoms with Crippen molar-refractivity contribution in [3.63, 3.8) is 0 Å². The van der Waals surface area contributed by atoms with E-state index in [0.717, 1.165) is 109 Å². The number of rotatable bonds is 65. The molecule has 4 heteroatoms. The maximum absolute atomic E-state index is 12.5. The van der Waals surface area contributed by atoms with Gasteiger partial charge in [-0.2, -0.15) is 0 Å². The smallest absolute Gasteiger partial charge is 0.220 e. The fraction of sp³-hybridized carbons (Fsp3) is 0.688. The maximum atomic E-state index is 12.5. The van der Waals surface area contributed by atoms with Crippen LogP contribution < -0.4 is 5.32 Å². The molecule has 1 amide bonds. The number of aliphatic hydroxyl groups is 2. The summed E-state index contributed by atoms with van der Waals surface area (Å²) < 4.78 is 0. The van der Waals surface area contributed by atoms with E-state index in [4.69, 9.17) is 0 Å². The zero-order valence-electron chi connectivity index (χ0n) is 55.4. The van der Waals surface area contributed by atoms with Gasteiger partial charge in [0.05, 0.1) is 18.8 Å². The summed E-state index contributed by atoms with van der Waals surface area (Å²) >= 11 is 0. The van der Waals surface area contributed by atoms with Gasteiger partial charge in [-0.3, -0.25) is 4.79 Å². The number of aliphatic hydroxyl groups excluding tert-OH is 2. The first kappa shape index (κ1) is 80.3. The van der Waals surface area contributed by atoms with Crippen LogP contribution in [0.3, 0.4) is 0 Å². The van der Waals surface area contributed by atoms with Gasteiger partial charge in [0.2, 0.25) is 5.91 Å². The van der Waals surface area contributed by atoms with Gasteiger partial charge in [-0.25, -0.2) is 0 Å². The molecule has 4 nitrogen and oxygen atoms in total. The van der Waals surface area contributed by atoms with Crippen LogP contribution in [0, 0.1) is 0 Å². The highest BCUT2D eigenvalue weighted by molar-refractivity contribution is 5.76. The van der Waals surface area contributed by atoms with E-state index in [-0.39, 0.29) is 12.5 Å². The second-order valence-corrected chi connectivity index (χ2v) is 23.9. The van der Waals surface area contributed by atoms with Gasteiger partial charge in [-0.1, -0.05) is 372 Å². The lowest BCUT2D eigenvalue weighted by molar-refractivity contribution is -0.123. The molecule has 2 atom stereocenters. The number of unbranched alkanes of at least 4 members (excludes halogenated alkanes) is 34. The zero-order chi connectivity index (χ0) is 60.5. The van der Waals surface area contributed by atoms with Crippen molar-refractivity contribution in [1.29, 1.82) is 0 Å². The van der Waals surface area contributed by atoms with E-state index < -0.39 is 12.1 Å². The van der Waals surface area contributed by atoms with E-state index >= 15 is 0 Å². The van der Waals surface area contributed by atoms with E-state index in [9.17, 15) is 15.0 Å². The zero-order valence-corrected chi connectivity index (χ0v) is 55.4. The fourth-order valence-corrected chi connectivity index (χ4v) is 10.5. The molecule has 3 N–H and O–H groups in total. The number of nitrogens with one attached hydrogen (secondary N) is 1. The van der Waals surface area contributed by atoms with E-state index in [0.29, 0.717) is 12.8 Å². The van der Waals surface area contributed by atoms with Crippen LogP contribution in [0.5, 0.6) is 0 Å². The maximum Gasteiger partial charge on any atom is 0.220 e. The van der Waals surface area contributed by atoms with Gasteiger partial charge >= 0.3 is 0 Å². The highest BCUT2D eigenvalue weighted by Gasteiger charge is 2.20. The molecule has 0 bridgehead atoms. The molecule has 0 aliphatic carbocycles. The Labute approximate surface area is 523 Å². The SMILES string of the molecule is CC/C=C\C/C=C\C/C=C\C/C=C\C/C=C\C/C=C\C/C=C\C/C=C\C/C=C\C/C=C\C/C=C\C/C=C\CCCCC(=O)NC(CO)C(O)CCCCCCCCCCCCCCCCCCCCCCCCCCCCCCCCCCC. The number of hydrogen-bond acceptors (Lipinski definition) is 3. The molecule has 84 heavy (non-hydrogen) atoms. The van der Waals surface area contributed by atoms with Gasteiger partial charge in [0.25, 0.3) is 0 Å². The summed E-state index contributed by atoms with van der Waals surface area (Å²) in [6.07, 6.45) is 115. The Hall–Kier alpha value is -3.73. The lowest BCUT2D eigenvalue weighted by atomic mass is 10.0. The third-order valence-corrected chi connectivity index (χ3v) is 15.9. The Bertz CT molecular complexity index is 1700. The molecule has 0 spiro atoms. The van der Waals surface area contributed by atoms with Crippen LogP contribution in [0.15, 0.2) is 146 Å². The van der Waals surface area contributed by atoms with Crippen LogP contribution in [0.4, 0.5) is 0 Å². The van der Waals surface area contributed by atoms with Crippen LogP contribution in [-0.2, 0) is 4.79 Å². The highest BCUT2D eigenvalue weighted by atomic mass is 16.3. The number of carbonyl (C=O) groups is 1. The van der Waals surface area contributed by atoms with Crippen molar-refractivity contribution in [3.05, 3.63) is 146 Å². The monoisotopic (exact) mass is 1160 g/mol. The largest absolute Gasteiger partial charge is 0.394 e. The standard InChI is InChI=1S/C80H137NO3/c1-3-5-7-9-11-13-15-17-19-21-23-25-27-29-31-33-35-37-38-39-40-41-42-44-46-48-50-52-54-56-58-60-62-64-66-68-70-72-74-76-80(84)81-78(77-82)79(83)75-73-71-69-67-65-63-61-59-57-55-53-51-49-47-45-43-36-34-32-30-28-26-24-22-20-18-16-14-12-10-8-6-4-2/h5,7,11,13,17,19,23,25,29,31,35,37,39-40,42,44,48,50,54,56,60,62,66,68,78-79,82-83H,3-4,6,8-10,12,14-16,18,20-22,24,26-28,30,32-34,36,38,41,43,45-47,49,51-53,55,57-59,61,63-65,67,69-77H2,1-2H3,(H,81,84)/b7-5-,13-11-,19-17-,25-23-,31-29-,37-35-,40-39-,44-42-,50-48-,56-54-,62-60-,68-66-. The van der Waals surface area contributed by atoms with Crippen molar-refractivity contribution in [2.24, 2.45) is 0 Å². The minimum Gasteiger partial charge on any atom is -0.394 e. The summed E-state index contributed by atoms with van der Waals surface area (Å²) in [5.74, 6) is -0.0751. The number of amides is 1. The first-order valence-corrected chi connectivity index (χ1v) is 36.0. The Morgan fingerprint density at radius 2 is 0.524 bits per heavy atom. The normalized spacial score (nSPS) is 13.6. The summed E-state index contributed by atoms with van der Waals surface area (Å²) in [6, 6.07) is -0.573. The summed E-state index contributed by atoms with van der Waals surface area (Å²) in [6.45, 7) is 4.25. The van der Waals surface area contributed by atoms with Crippen LogP contribution in [0.25, 0.3) is 0 Å². The van der Waals surface area contributed by atoms with Gasteiger partial charge in [-0.15, -0.1) is 0 Å². The number of hydrogen-bond donors (Lipinski definition) is 3. The predicted molar refractivity (Wildman–Crippen MR) is 377 cm³/mol. The Morgan fingerprint density at radius 1 is 0.298 bits per heavy atom. The summed E-state index contributed by atoms with van der Waals surface area (Å²) in [5.41, 5.74) is 0. The Kier molecular flexibility index (Phi) is 70.3. The molecule has 0 heterocycles. The van der Waals surface area contributed by atoms with Crippen molar-refractivity contribution in [2.75, 3.05) is 6.61 Å². The van der Waals surface area contributed by atoms with E-state index in [1.807, 2.05) is 0 Å². The van der Waals surface area contributed by atoms with Crippen LogP contribution >= 0.6 is 0 Å². The molecule has 0 aromatic carbocycles. The molecular formula is C80H137NO3. The third-order valence-electron chi connectivity index (χ3n) is 15.9. The average molecular weight is 1160 g/mol. The molecular weight excluding hydrogens is 1020 g/mol. The van der Waals surface area contributed by atoms with Crippen molar-refractivity contribution >= 4 is 5.91 Å². The molecule has 0 rings (SSSR count). The molecule has 0 aromatic rings. The van der Waals surface area contributed by atoms with Gasteiger partial charge in [0.15, 0.2) is 0 Å². The molecule has 0 saturated carbocycles. The summed E-state index contributed by atoms with van der Waals surface area (Å²) in [5, 5.41) is 23.4. The summed E-state index contributed by atoms with van der Waals surface area (Å²) in [4.78, 5) is 12.5. The minimum atomic E-state index is -0.691. The lowest BCUT2D eigenvalue weighted by Gasteiger charge is -2.22. The van der Waals surface area contributed by atoms with Crippen LogP contribution in [0.2, 0.25) is 0 Å². The van der Waals surface area contributed by atoms with Crippen molar-refractivity contribution in [3.8, 4) is 0 Å². The van der Waals surface area contributed by atoms with Crippen LogP contribution in [0.1, 0.15) is 335 Å². The molecule has 0 aliphatic heterocycles. The first-order chi connectivity index (χ1) is 41.7. The van der Waals surface area contributed by atoms with Gasteiger partial charge < -0.3 is 15.5 Å². The highest BCUT2D eigenvalue weighted by Crippen LogP contribution is 2.18. The molecule has 0 radical (unpaired) electrons. The minimum absolute atomic E-state index is 0.0751. The Morgan fingerprint density at radius 3 is 0.762 bits per heavy atom. The summed E-state index contributed by atoms with van der Waals surface area (Å²) in [7, 11) is 0. The fourth-order valence-electron chi connectivity index (χ4n) is 10.5.